The summed E-state index contributed by atoms with van der Waals surface area (Å²) in [5.41, 5.74) is 1.13. The molecule has 0 saturated carbocycles. The Kier molecular flexibility index (Phi) is 5.60. The number of hydrogen-bond donors (Lipinski definition) is 2. The molecule has 2 heterocycles. The highest BCUT2D eigenvalue weighted by Crippen LogP contribution is 2.20. The first-order valence-electron chi connectivity index (χ1n) is 8.42. The van der Waals surface area contributed by atoms with Gasteiger partial charge in [-0.25, -0.2) is 4.68 Å². The van der Waals surface area contributed by atoms with Gasteiger partial charge in [-0.05, 0) is 49.5 Å². The van der Waals surface area contributed by atoms with E-state index in [-0.39, 0.29) is 6.10 Å². The van der Waals surface area contributed by atoms with E-state index in [1.54, 1.807) is 0 Å². The maximum Gasteiger partial charge on any atom is 0.217 e. The van der Waals surface area contributed by atoms with Crippen molar-refractivity contribution in [2.75, 3.05) is 13.1 Å². The van der Waals surface area contributed by atoms with Gasteiger partial charge in [0.15, 0.2) is 0 Å². The molecule has 1 atom stereocenters. The molecule has 3 rings (SSSR count). The molecule has 0 bridgehead atoms. The van der Waals surface area contributed by atoms with Crippen LogP contribution in [0.1, 0.15) is 31.2 Å². The number of aromatic amines is 1. The molecule has 0 spiro atoms. The maximum atomic E-state index is 9.69. The van der Waals surface area contributed by atoms with Crippen LogP contribution in [-0.2, 0) is 6.67 Å². The smallest absolute Gasteiger partial charge is 0.217 e. The van der Waals surface area contributed by atoms with Crippen LogP contribution in [0.15, 0.2) is 30.3 Å². The Morgan fingerprint density at radius 2 is 2.00 bits per heavy atom. The topological polar surface area (TPSA) is 57.1 Å². The second kappa shape index (κ2) is 7.88. The lowest BCUT2D eigenvalue weighted by atomic mass is 9.92. The largest absolute Gasteiger partial charge is 0.393 e. The summed E-state index contributed by atoms with van der Waals surface area (Å²) >= 11 is 5.36. The molecule has 24 heavy (non-hydrogen) atoms. The molecular formula is C18H24N4OS. The third-order valence-electron chi connectivity index (χ3n) is 4.59. The van der Waals surface area contributed by atoms with E-state index in [0.29, 0.717) is 10.7 Å². The number of aliphatic hydroxyl groups excluding tert-OH is 1. The van der Waals surface area contributed by atoms with E-state index in [0.717, 1.165) is 44.0 Å². The number of H-pyrrole nitrogens is 1. The second-order valence-electron chi connectivity index (χ2n) is 6.40. The number of nitrogens with zero attached hydrogens (tertiary/aromatic N) is 3. The Balaban J connectivity index is 1.61. The summed E-state index contributed by atoms with van der Waals surface area (Å²) in [5, 5.41) is 12.9. The Morgan fingerprint density at radius 1 is 1.29 bits per heavy atom. The number of hydrogen-bond acceptors (Lipinski definition) is 4. The molecule has 1 aliphatic heterocycles. The Labute approximate surface area is 147 Å². The summed E-state index contributed by atoms with van der Waals surface area (Å²) in [4.78, 5) is 6.75. The molecule has 1 aliphatic rings. The van der Waals surface area contributed by atoms with Gasteiger partial charge in [0, 0.05) is 13.1 Å². The van der Waals surface area contributed by atoms with Crippen molar-refractivity contribution >= 4 is 24.4 Å². The molecule has 1 fully saturated rings. The summed E-state index contributed by atoms with van der Waals surface area (Å²) < 4.78 is 2.48. The van der Waals surface area contributed by atoms with E-state index in [1.807, 2.05) is 42.0 Å². The standard InChI is InChI=1S/C18H24N4OS/c1-14(23)16-9-11-21(12-10-16)13-22-18(24)19-17(20-22)8-7-15-5-3-2-4-6-15/h2-8,14,16,23H,9-13H2,1H3,(H,19,20,24). The molecule has 2 N–H and O–H groups in total. The van der Waals surface area contributed by atoms with Crippen molar-refractivity contribution in [1.82, 2.24) is 19.7 Å². The summed E-state index contributed by atoms with van der Waals surface area (Å²) in [6, 6.07) is 10.1. The Bertz CT molecular complexity index is 727. The minimum atomic E-state index is -0.212. The average molecular weight is 344 g/mol. The highest BCUT2D eigenvalue weighted by atomic mass is 32.1. The fraction of sp³-hybridized carbons (Fsp3) is 0.444. The predicted molar refractivity (Wildman–Crippen MR) is 98.8 cm³/mol. The lowest BCUT2D eigenvalue weighted by Gasteiger charge is -2.33. The number of benzene rings is 1. The third kappa shape index (κ3) is 4.41. The lowest BCUT2D eigenvalue weighted by molar-refractivity contribution is 0.0592. The van der Waals surface area contributed by atoms with E-state index in [2.05, 4.69) is 27.1 Å². The zero-order valence-electron chi connectivity index (χ0n) is 13.9. The van der Waals surface area contributed by atoms with Crippen LogP contribution in [0, 0.1) is 10.7 Å². The molecule has 2 aromatic rings. The quantitative estimate of drug-likeness (QED) is 0.818. The van der Waals surface area contributed by atoms with Gasteiger partial charge in [0.05, 0.1) is 12.8 Å². The first kappa shape index (κ1) is 17.1. The van der Waals surface area contributed by atoms with E-state index < -0.39 is 0 Å². The predicted octanol–water partition coefficient (Wildman–Crippen LogP) is 3.16. The van der Waals surface area contributed by atoms with Crippen LogP contribution < -0.4 is 0 Å². The van der Waals surface area contributed by atoms with Crippen molar-refractivity contribution in [3.63, 3.8) is 0 Å². The number of aliphatic hydroxyl groups is 1. The van der Waals surface area contributed by atoms with Crippen LogP contribution in [0.4, 0.5) is 0 Å². The van der Waals surface area contributed by atoms with Gasteiger partial charge in [-0.3, -0.25) is 10.00 Å². The molecule has 1 saturated heterocycles. The molecule has 5 nitrogen and oxygen atoms in total. The molecule has 1 aromatic carbocycles. The van der Waals surface area contributed by atoms with Gasteiger partial charge in [0.25, 0.3) is 0 Å². The van der Waals surface area contributed by atoms with Gasteiger partial charge in [0.2, 0.25) is 4.77 Å². The Hall–Kier alpha value is -1.76. The van der Waals surface area contributed by atoms with Crippen LogP contribution in [0.3, 0.4) is 0 Å². The normalized spacial score (nSPS) is 18.2. The minimum Gasteiger partial charge on any atom is -0.393 e. The third-order valence-corrected chi connectivity index (χ3v) is 4.90. The molecule has 0 amide bonds. The summed E-state index contributed by atoms with van der Waals surface area (Å²) in [6.07, 6.45) is 5.81. The molecule has 0 radical (unpaired) electrons. The lowest BCUT2D eigenvalue weighted by Crippen LogP contribution is -2.38. The van der Waals surface area contributed by atoms with Gasteiger partial charge >= 0.3 is 0 Å². The molecule has 1 aromatic heterocycles. The van der Waals surface area contributed by atoms with Crippen molar-refractivity contribution in [2.45, 2.75) is 32.5 Å². The van der Waals surface area contributed by atoms with Crippen molar-refractivity contribution in [3.05, 3.63) is 46.5 Å². The highest BCUT2D eigenvalue weighted by molar-refractivity contribution is 7.71. The number of nitrogens with one attached hydrogen (secondary N) is 1. The molecular weight excluding hydrogens is 320 g/mol. The zero-order chi connectivity index (χ0) is 16.9. The fourth-order valence-electron chi connectivity index (χ4n) is 3.06. The minimum absolute atomic E-state index is 0.212. The van der Waals surface area contributed by atoms with Gasteiger partial charge in [0.1, 0.15) is 5.82 Å². The van der Waals surface area contributed by atoms with Crippen molar-refractivity contribution in [2.24, 2.45) is 5.92 Å². The van der Waals surface area contributed by atoms with E-state index >= 15 is 0 Å². The molecule has 128 valence electrons. The number of likely N-dealkylation sites (tertiary alicyclic amines) is 1. The van der Waals surface area contributed by atoms with Gasteiger partial charge in [-0.15, -0.1) is 0 Å². The van der Waals surface area contributed by atoms with Gasteiger partial charge in [-0.2, -0.15) is 4.98 Å². The average Bonchev–Trinajstić information content (AvgIpc) is 2.94. The van der Waals surface area contributed by atoms with E-state index in [9.17, 15) is 5.11 Å². The van der Waals surface area contributed by atoms with Crippen molar-refractivity contribution in [3.8, 4) is 0 Å². The van der Waals surface area contributed by atoms with Crippen LogP contribution >= 0.6 is 12.2 Å². The summed E-state index contributed by atoms with van der Waals surface area (Å²) in [5.74, 6) is 1.18. The zero-order valence-corrected chi connectivity index (χ0v) is 14.7. The van der Waals surface area contributed by atoms with Gasteiger partial charge in [-0.1, -0.05) is 36.4 Å². The molecule has 0 aliphatic carbocycles. The highest BCUT2D eigenvalue weighted by Gasteiger charge is 2.22. The second-order valence-corrected chi connectivity index (χ2v) is 6.77. The van der Waals surface area contributed by atoms with Crippen LogP contribution in [-0.4, -0.2) is 44.0 Å². The summed E-state index contributed by atoms with van der Waals surface area (Å²) in [6.45, 7) is 4.56. The van der Waals surface area contributed by atoms with Crippen LogP contribution in [0.5, 0.6) is 0 Å². The first-order valence-corrected chi connectivity index (χ1v) is 8.83. The van der Waals surface area contributed by atoms with Gasteiger partial charge < -0.3 is 5.11 Å². The first-order chi connectivity index (χ1) is 11.6. The van der Waals surface area contributed by atoms with Crippen molar-refractivity contribution < 1.29 is 5.11 Å². The SMILES string of the molecule is CC(O)C1CCN(Cn2[nH]c(C=Cc3ccccc3)nc2=S)CC1. The molecule has 1 unspecified atom stereocenters. The fourth-order valence-corrected chi connectivity index (χ4v) is 3.26. The van der Waals surface area contributed by atoms with Crippen LogP contribution in [0.25, 0.3) is 12.2 Å². The molecule has 6 heteroatoms. The summed E-state index contributed by atoms with van der Waals surface area (Å²) in [7, 11) is 0. The maximum absolute atomic E-state index is 9.69. The number of piperidine rings is 1. The number of aromatic nitrogens is 3. The van der Waals surface area contributed by atoms with Crippen molar-refractivity contribution in [1.29, 1.82) is 0 Å². The number of rotatable bonds is 5. The Morgan fingerprint density at radius 3 is 2.67 bits per heavy atom. The monoisotopic (exact) mass is 344 g/mol. The van der Waals surface area contributed by atoms with Crippen LogP contribution in [0.2, 0.25) is 0 Å². The van der Waals surface area contributed by atoms with E-state index in [4.69, 9.17) is 12.2 Å². The van der Waals surface area contributed by atoms with E-state index in [1.165, 1.54) is 0 Å².